The predicted molar refractivity (Wildman–Crippen MR) is 61.8 cm³/mol. The molecule has 84 valence electrons. The second kappa shape index (κ2) is 4.54. The fourth-order valence-electron chi connectivity index (χ4n) is 1.46. The number of furan rings is 1. The van der Waals surface area contributed by atoms with Crippen LogP contribution in [0.3, 0.4) is 0 Å². The molecule has 4 heteroatoms. The number of nitriles is 1. The van der Waals surface area contributed by atoms with Crippen LogP contribution in [0.1, 0.15) is 5.76 Å². The Morgan fingerprint density at radius 2 is 2.24 bits per heavy atom. The Bertz CT molecular complexity index is 598. The van der Waals surface area contributed by atoms with Crippen molar-refractivity contribution in [3.05, 3.63) is 41.7 Å². The summed E-state index contributed by atoms with van der Waals surface area (Å²) < 4.78 is 9.94. The molecule has 1 aromatic carbocycles. The van der Waals surface area contributed by atoms with Crippen molar-refractivity contribution in [2.45, 2.75) is 0 Å². The number of hydrogen-bond acceptors (Lipinski definition) is 4. The number of esters is 1. The van der Waals surface area contributed by atoms with Crippen molar-refractivity contribution >= 4 is 23.0 Å². The molecule has 2 aromatic rings. The topological polar surface area (TPSA) is 63.2 Å². The van der Waals surface area contributed by atoms with Gasteiger partial charge in [-0.05, 0) is 12.1 Å². The van der Waals surface area contributed by atoms with Gasteiger partial charge in [-0.1, -0.05) is 18.2 Å². The van der Waals surface area contributed by atoms with E-state index in [1.807, 2.05) is 24.3 Å². The van der Waals surface area contributed by atoms with E-state index < -0.39 is 5.97 Å². The summed E-state index contributed by atoms with van der Waals surface area (Å²) in [7, 11) is 1.23. The van der Waals surface area contributed by atoms with Gasteiger partial charge in [-0.2, -0.15) is 5.26 Å². The molecule has 0 atom stereocenters. The van der Waals surface area contributed by atoms with E-state index in [9.17, 15) is 4.79 Å². The van der Waals surface area contributed by atoms with Crippen LogP contribution in [0, 0.1) is 11.3 Å². The van der Waals surface area contributed by atoms with Crippen LogP contribution in [0.4, 0.5) is 0 Å². The molecule has 1 heterocycles. The summed E-state index contributed by atoms with van der Waals surface area (Å²) in [4.78, 5) is 11.2. The minimum Gasteiger partial charge on any atom is -0.465 e. The number of fused-ring (bicyclic) bond motifs is 1. The Morgan fingerprint density at radius 1 is 1.47 bits per heavy atom. The van der Waals surface area contributed by atoms with Crippen molar-refractivity contribution < 1.29 is 13.9 Å². The van der Waals surface area contributed by atoms with Crippen LogP contribution in [0.2, 0.25) is 0 Å². The molecule has 0 saturated carbocycles. The molecular formula is C13H9NO3. The fourth-order valence-corrected chi connectivity index (χ4v) is 1.46. The maximum atomic E-state index is 11.2. The molecule has 4 nitrogen and oxygen atoms in total. The number of benzene rings is 1. The number of para-hydroxylation sites is 1. The lowest BCUT2D eigenvalue weighted by Gasteiger charge is -1.93. The number of hydrogen-bond donors (Lipinski definition) is 0. The van der Waals surface area contributed by atoms with Crippen LogP contribution < -0.4 is 0 Å². The van der Waals surface area contributed by atoms with Gasteiger partial charge in [0.15, 0.2) is 0 Å². The molecule has 0 radical (unpaired) electrons. The van der Waals surface area contributed by atoms with Gasteiger partial charge in [-0.3, -0.25) is 0 Å². The zero-order valence-corrected chi connectivity index (χ0v) is 9.14. The lowest BCUT2D eigenvalue weighted by molar-refractivity contribution is -0.135. The van der Waals surface area contributed by atoms with Gasteiger partial charge in [-0.15, -0.1) is 0 Å². The first-order chi connectivity index (χ1) is 8.24. The standard InChI is InChI=1S/C13H9NO3/c1-16-13(15)10(8-14)7-11-6-9-4-2-3-5-12(9)17-11/h2-7H,1H3/b10-7-. The second-order valence-corrected chi connectivity index (χ2v) is 3.35. The first-order valence-corrected chi connectivity index (χ1v) is 4.93. The van der Waals surface area contributed by atoms with Crippen LogP contribution in [0.15, 0.2) is 40.3 Å². The van der Waals surface area contributed by atoms with Crippen molar-refractivity contribution in [3.63, 3.8) is 0 Å². The molecule has 2 rings (SSSR count). The average Bonchev–Trinajstić information content (AvgIpc) is 2.77. The summed E-state index contributed by atoms with van der Waals surface area (Å²) in [6.45, 7) is 0. The van der Waals surface area contributed by atoms with Gasteiger partial charge in [0.25, 0.3) is 0 Å². The van der Waals surface area contributed by atoms with Gasteiger partial charge in [-0.25, -0.2) is 4.79 Å². The van der Waals surface area contributed by atoms with Gasteiger partial charge in [0.05, 0.1) is 7.11 Å². The third-order valence-electron chi connectivity index (χ3n) is 2.26. The Labute approximate surface area is 97.7 Å². The summed E-state index contributed by atoms with van der Waals surface area (Å²) in [6.07, 6.45) is 1.37. The van der Waals surface area contributed by atoms with Gasteiger partial charge >= 0.3 is 5.97 Å². The molecular weight excluding hydrogens is 218 g/mol. The minimum atomic E-state index is -0.673. The smallest absolute Gasteiger partial charge is 0.348 e. The summed E-state index contributed by atoms with van der Waals surface area (Å²) >= 11 is 0. The van der Waals surface area contributed by atoms with Crippen LogP contribution in [-0.2, 0) is 9.53 Å². The quantitative estimate of drug-likeness (QED) is 0.449. The van der Waals surface area contributed by atoms with Crippen LogP contribution in [0.25, 0.3) is 17.0 Å². The molecule has 0 N–H and O–H groups in total. The van der Waals surface area contributed by atoms with Crippen molar-refractivity contribution in [1.82, 2.24) is 0 Å². The predicted octanol–water partition coefficient (Wildman–Crippen LogP) is 2.51. The highest BCUT2D eigenvalue weighted by molar-refractivity contribution is 5.98. The van der Waals surface area contributed by atoms with E-state index in [1.165, 1.54) is 13.2 Å². The SMILES string of the molecule is COC(=O)/C(C#N)=C\c1cc2ccccc2o1. The summed E-state index contributed by atoms with van der Waals surface area (Å²) in [5, 5.41) is 9.72. The molecule has 0 saturated heterocycles. The number of methoxy groups -OCH3 is 1. The van der Waals surface area contributed by atoms with Gasteiger partial charge in [0.2, 0.25) is 0 Å². The second-order valence-electron chi connectivity index (χ2n) is 3.35. The van der Waals surface area contributed by atoms with E-state index in [0.717, 1.165) is 5.39 Å². The lowest BCUT2D eigenvalue weighted by Crippen LogP contribution is -2.02. The molecule has 0 fully saturated rings. The zero-order valence-electron chi connectivity index (χ0n) is 9.14. The lowest BCUT2D eigenvalue weighted by atomic mass is 10.2. The summed E-state index contributed by atoms with van der Waals surface area (Å²) in [5.41, 5.74) is 0.618. The molecule has 0 amide bonds. The van der Waals surface area contributed by atoms with E-state index in [0.29, 0.717) is 11.3 Å². The monoisotopic (exact) mass is 227 g/mol. The fraction of sp³-hybridized carbons (Fsp3) is 0.0769. The maximum absolute atomic E-state index is 11.2. The number of nitrogens with zero attached hydrogens (tertiary/aromatic N) is 1. The highest BCUT2D eigenvalue weighted by Gasteiger charge is 2.10. The minimum absolute atomic E-state index is 0.0912. The van der Waals surface area contributed by atoms with E-state index in [1.54, 1.807) is 12.1 Å². The third-order valence-corrected chi connectivity index (χ3v) is 2.26. The Morgan fingerprint density at radius 3 is 2.88 bits per heavy atom. The Hall–Kier alpha value is -2.54. The molecule has 0 bridgehead atoms. The maximum Gasteiger partial charge on any atom is 0.348 e. The van der Waals surface area contributed by atoms with Crippen molar-refractivity contribution in [2.75, 3.05) is 7.11 Å². The largest absolute Gasteiger partial charge is 0.465 e. The average molecular weight is 227 g/mol. The van der Waals surface area contributed by atoms with Crippen molar-refractivity contribution in [3.8, 4) is 6.07 Å². The molecule has 0 aliphatic rings. The molecule has 0 aliphatic heterocycles. The number of ether oxygens (including phenoxy) is 1. The third kappa shape index (κ3) is 2.18. The van der Waals surface area contributed by atoms with Crippen LogP contribution in [0.5, 0.6) is 0 Å². The van der Waals surface area contributed by atoms with E-state index in [4.69, 9.17) is 9.68 Å². The van der Waals surface area contributed by atoms with Crippen LogP contribution in [-0.4, -0.2) is 13.1 Å². The summed E-state index contributed by atoms with van der Waals surface area (Å²) in [6, 6.07) is 11.0. The number of carbonyl (C=O) groups excluding carboxylic acids is 1. The summed E-state index contributed by atoms with van der Waals surface area (Å²) in [5.74, 6) is -0.221. The molecule has 1 aromatic heterocycles. The first-order valence-electron chi connectivity index (χ1n) is 4.93. The highest BCUT2D eigenvalue weighted by Crippen LogP contribution is 2.20. The van der Waals surface area contributed by atoms with Gasteiger partial charge in [0.1, 0.15) is 23.0 Å². The molecule has 17 heavy (non-hydrogen) atoms. The van der Waals surface area contributed by atoms with E-state index in [-0.39, 0.29) is 5.57 Å². The van der Waals surface area contributed by atoms with E-state index in [2.05, 4.69) is 4.74 Å². The van der Waals surface area contributed by atoms with Gasteiger partial charge < -0.3 is 9.15 Å². The Balaban J connectivity index is 2.44. The number of rotatable bonds is 2. The molecule has 0 aliphatic carbocycles. The molecule has 0 spiro atoms. The van der Waals surface area contributed by atoms with Crippen LogP contribution >= 0.6 is 0 Å². The zero-order chi connectivity index (χ0) is 12.3. The van der Waals surface area contributed by atoms with Crippen molar-refractivity contribution in [1.29, 1.82) is 5.26 Å². The normalized spacial score (nSPS) is 11.2. The molecule has 0 unspecified atom stereocenters. The Kier molecular flexibility index (Phi) is 2.93. The first kappa shape index (κ1) is 11.0. The van der Waals surface area contributed by atoms with Gasteiger partial charge in [0, 0.05) is 11.5 Å². The van der Waals surface area contributed by atoms with Crippen molar-refractivity contribution in [2.24, 2.45) is 0 Å². The number of carbonyl (C=O) groups is 1. The van der Waals surface area contributed by atoms with E-state index >= 15 is 0 Å². The highest BCUT2D eigenvalue weighted by atomic mass is 16.5.